The normalized spacial score (nSPS) is 14.8. The molecule has 242 valence electrons. The van der Waals surface area contributed by atoms with E-state index < -0.39 is 15.6 Å². The van der Waals surface area contributed by atoms with E-state index in [4.69, 9.17) is 18.1 Å². The number of hydrogen-bond acceptors (Lipinski definition) is 6. The van der Waals surface area contributed by atoms with Crippen LogP contribution in [0.4, 0.5) is 0 Å². The van der Waals surface area contributed by atoms with Gasteiger partial charge in [-0.05, 0) is 25.7 Å². The van der Waals surface area contributed by atoms with Crippen molar-refractivity contribution in [2.45, 2.75) is 168 Å². The summed E-state index contributed by atoms with van der Waals surface area (Å²) >= 11 is 0. The predicted molar refractivity (Wildman–Crippen MR) is 166 cm³/mol. The lowest BCUT2D eigenvalue weighted by atomic mass is 10.1. The van der Waals surface area contributed by atoms with Gasteiger partial charge in [0.15, 0.2) is 0 Å². The van der Waals surface area contributed by atoms with Gasteiger partial charge in [-0.25, -0.2) is 9.13 Å². The van der Waals surface area contributed by atoms with Crippen molar-refractivity contribution in [3.63, 3.8) is 0 Å². The van der Waals surface area contributed by atoms with E-state index in [-0.39, 0.29) is 26.4 Å². The van der Waals surface area contributed by atoms with Crippen molar-refractivity contribution in [1.82, 2.24) is 0 Å². The van der Waals surface area contributed by atoms with Crippen LogP contribution in [0.2, 0.25) is 0 Å². The molecule has 40 heavy (non-hydrogen) atoms. The molecule has 8 nitrogen and oxygen atoms in total. The molecule has 10 heteroatoms. The van der Waals surface area contributed by atoms with E-state index in [1.165, 1.54) is 89.9 Å². The van der Waals surface area contributed by atoms with Crippen LogP contribution >= 0.6 is 15.6 Å². The van der Waals surface area contributed by atoms with Gasteiger partial charge in [0.25, 0.3) is 0 Å². The maximum atomic E-state index is 12.0. The SMILES string of the molecule is CCCCCCCCCCCCOP(=O)(O)OCCCCCCOP(=O)(O)OCCCCCCCCCCCC. The molecule has 0 saturated heterocycles. The van der Waals surface area contributed by atoms with E-state index in [9.17, 15) is 18.9 Å². The van der Waals surface area contributed by atoms with Gasteiger partial charge in [-0.2, -0.15) is 0 Å². The lowest BCUT2D eigenvalue weighted by Crippen LogP contribution is -2.00. The maximum absolute atomic E-state index is 12.0. The third-order valence-electron chi connectivity index (χ3n) is 7.05. The fourth-order valence-electron chi connectivity index (χ4n) is 4.53. The Balaban J connectivity index is 3.49. The minimum Gasteiger partial charge on any atom is -0.302 e. The van der Waals surface area contributed by atoms with Crippen LogP contribution in [0.25, 0.3) is 0 Å². The van der Waals surface area contributed by atoms with Crippen LogP contribution in [0.15, 0.2) is 0 Å². The first-order valence-corrected chi connectivity index (χ1v) is 19.6. The zero-order valence-corrected chi connectivity index (χ0v) is 27.8. The van der Waals surface area contributed by atoms with Crippen LogP contribution < -0.4 is 0 Å². The molecule has 0 amide bonds. The van der Waals surface area contributed by atoms with Crippen LogP contribution in [-0.2, 0) is 27.2 Å². The molecule has 0 aliphatic heterocycles. The lowest BCUT2D eigenvalue weighted by molar-refractivity contribution is 0.139. The Kier molecular flexibility index (Phi) is 29.5. The molecule has 0 spiro atoms. The Labute approximate surface area is 246 Å². The number of unbranched alkanes of at least 4 members (excludes halogenated alkanes) is 21. The molecule has 0 rings (SSSR count). The average molecular weight is 615 g/mol. The molecular weight excluding hydrogens is 550 g/mol. The van der Waals surface area contributed by atoms with Gasteiger partial charge in [0.05, 0.1) is 26.4 Å². The zero-order chi connectivity index (χ0) is 29.6. The molecule has 0 aliphatic rings. The van der Waals surface area contributed by atoms with Crippen LogP contribution in [0, 0.1) is 0 Å². The number of rotatable bonds is 33. The van der Waals surface area contributed by atoms with E-state index in [2.05, 4.69) is 13.8 Å². The Hall–Kier alpha value is 0.220. The fourth-order valence-corrected chi connectivity index (χ4v) is 6.12. The van der Waals surface area contributed by atoms with E-state index >= 15 is 0 Å². The first-order valence-electron chi connectivity index (χ1n) is 16.6. The monoisotopic (exact) mass is 614 g/mol. The summed E-state index contributed by atoms with van der Waals surface area (Å²) in [4.78, 5) is 19.6. The van der Waals surface area contributed by atoms with E-state index in [0.717, 1.165) is 51.4 Å². The Bertz CT molecular complexity index is 569. The molecule has 2 atom stereocenters. The van der Waals surface area contributed by atoms with E-state index in [1.54, 1.807) is 0 Å². The van der Waals surface area contributed by atoms with Crippen LogP contribution in [0.5, 0.6) is 0 Å². The van der Waals surface area contributed by atoms with Gasteiger partial charge >= 0.3 is 15.6 Å². The second-order valence-corrected chi connectivity index (χ2v) is 14.0. The molecule has 0 bridgehead atoms. The van der Waals surface area contributed by atoms with Gasteiger partial charge in [0, 0.05) is 0 Å². The second-order valence-electron chi connectivity index (χ2n) is 11.0. The second kappa shape index (κ2) is 29.3. The maximum Gasteiger partial charge on any atom is 0.472 e. The Morgan fingerprint density at radius 3 is 0.725 bits per heavy atom. The van der Waals surface area contributed by atoms with Crippen LogP contribution in [0.3, 0.4) is 0 Å². The summed E-state index contributed by atoms with van der Waals surface area (Å²) < 4.78 is 44.1. The largest absolute Gasteiger partial charge is 0.472 e. The van der Waals surface area contributed by atoms with Gasteiger partial charge in [-0.1, -0.05) is 142 Å². The van der Waals surface area contributed by atoms with Crippen molar-refractivity contribution >= 4 is 15.6 Å². The first-order chi connectivity index (χ1) is 19.3. The molecule has 0 aromatic carbocycles. The number of phosphoric acid groups is 2. The van der Waals surface area contributed by atoms with Crippen molar-refractivity contribution in [3.8, 4) is 0 Å². The molecule has 0 heterocycles. The van der Waals surface area contributed by atoms with Gasteiger partial charge in [0.2, 0.25) is 0 Å². The molecule has 0 fully saturated rings. The smallest absolute Gasteiger partial charge is 0.302 e. The van der Waals surface area contributed by atoms with Gasteiger partial charge in [0.1, 0.15) is 0 Å². The zero-order valence-electron chi connectivity index (χ0n) is 26.0. The topological polar surface area (TPSA) is 112 Å². The molecule has 0 radical (unpaired) electrons. The highest BCUT2D eigenvalue weighted by molar-refractivity contribution is 7.47. The third-order valence-corrected chi connectivity index (χ3v) is 9.09. The van der Waals surface area contributed by atoms with Gasteiger partial charge < -0.3 is 9.79 Å². The highest BCUT2D eigenvalue weighted by atomic mass is 31.2. The van der Waals surface area contributed by atoms with Gasteiger partial charge in [-0.3, -0.25) is 18.1 Å². The third kappa shape index (κ3) is 31.2. The highest BCUT2D eigenvalue weighted by Crippen LogP contribution is 2.44. The summed E-state index contributed by atoms with van der Waals surface area (Å²) in [5.41, 5.74) is 0. The minimum atomic E-state index is -3.99. The lowest BCUT2D eigenvalue weighted by Gasteiger charge is -2.13. The van der Waals surface area contributed by atoms with Crippen LogP contribution in [-0.4, -0.2) is 36.2 Å². The summed E-state index contributed by atoms with van der Waals surface area (Å²) in [6, 6.07) is 0. The summed E-state index contributed by atoms with van der Waals surface area (Å²) in [6.07, 6.45) is 26.7. The van der Waals surface area contributed by atoms with Crippen molar-refractivity contribution < 1.29 is 37.0 Å². The predicted octanol–water partition coefficient (Wildman–Crippen LogP) is 10.7. The highest BCUT2D eigenvalue weighted by Gasteiger charge is 2.21. The first kappa shape index (κ1) is 40.2. The fraction of sp³-hybridized carbons (Fsp3) is 1.00. The molecular formula is C30H64O8P2. The van der Waals surface area contributed by atoms with Crippen LogP contribution in [0.1, 0.15) is 168 Å². The molecule has 0 aromatic rings. The average Bonchev–Trinajstić information content (AvgIpc) is 2.91. The van der Waals surface area contributed by atoms with Gasteiger partial charge in [-0.15, -0.1) is 0 Å². The minimum absolute atomic E-state index is 0.146. The summed E-state index contributed by atoms with van der Waals surface area (Å²) in [5, 5.41) is 0. The standard InChI is InChI=1S/C30H64O8P2/c1-3-5-7-9-11-13-15-17-19-23-27-35-39(31,32)37-29-25-21-22-26-30-38-40(33,34)36-28-24-20-18-16-14-12-10-8-6-4-2/h3-30H2,1-2H3,(H,31,32)(H,33,34). The van der Waals surface area contributed by atoms with Crippen molar-refractivity contribution in [2.24, 2.45) is 0 Å². The summed E-state index contributed by atoms with van der Waals surface area (Å²) in [5.74, 6) is 0. The Morgan fingerprint density at radius 1 is 0.350 bits per heavy atom. The van der Waals surface area contributed by atoms with E-state index in [1.807, 2.05) is 0 Å². The molecule has 2 unspecified atom stereocenters. The molecule has 0 aliphatic carbocycles. The summed E-state index contributed by atoms with van der Waals surface area (Å²) in [6.45, 7) is 5.23. The quantitative estimate of drug-likeness (QED) is 0.0555. The molecule has 0 saturated carbocycles. The van der Waals surface area contributed by atoms with Crippen molar-refractivity contribution in [2.75, 3.05) is 26.4 Å². The van der Waals surface area contributed by atoms with Crippen molar-refractivity contribution in [1.29, 1.82) is 0 Å². The Morgan fingerprint density at radius 2 is 0.525 bits per heavy atom. The summed E-state index contributed by atoms with van der Waals surface area (Å²) in [7, 11) is -7.98. The van der Waals surface area contributed by atoms with Crippen molar-refractivity contribution in [3.05, 3.63) is 0 Å². The number of phosphoric ester groups is 2. The molecule has 2 N–H and O–H groups in total. The van der Waals surface area contributed by atoms with E-state index in [0.29, 0.717) is 12.8 Å². The molecule has 0 aromatic heterocycles. The number of hydrogen-bond donors (Lipinski definition) is 2.